The van der Waals surface area contributed by atoms with Crippen LogP contribution in [0.15, 0.2) is 23.1 Å². The van der Waals surface area contributed by atoms with E-state index in [-0.39, 0.29) is 0 Å². The minimum atomic E-state index is 0.328. The number of thioether (sulfide) groups is 1. The normalized spacial score (nSPS) is 10.4. The number of Topliss-reactive ketones (excluding diaryl/α,β-unsaturated/α-hetero) is 1. The fourth-order valence-electron chi connectivity index (χ4n) is 1.20. The summed E-state index contributed by atoms with van der Waals surface area (Å²) in [7, 11) is 0. The maximum absolute atomic E-state index is 11.1. The summed E-state index contributed by atoms with van der Waals surface area (Å²) in [5.74, 6) is 1.26. The van der Waals surface area contributed by atoms with Crippen LogP contribution in [0.1, 0.15) is 26.2 Å². The number of rotatable bonds is 6. The average Bonchev–Trinajstić information content (AvgIpc) is 2.28. The predicted molar refractivity (Wildman–Crippen MR) is 71.7 cm³/mol. The smallest absolute Gasteiger partial charge is 0.132 e. The van der Waals surface area contributed by atoms with Gasteiger partial charge in [-0.2, -0.15) is 0 Å². The number of hydrogen-bond acceptors (Lipinski definition) is 2. The van der Waals surface area contributed by atoms with Gasteiger partial charge >= 0.3 is 0 Å². The summed E-state index contributed by atoms with van der Waals surface area (Å²) in [6.07, 6.45) is 2.22. The van der Waals surface area contributed by atoms with Crippen LogP contribution in [0.3, 0.4) is 0 Å². The Hall–Kier alpha value is -0.180. The largest absolute Gasteiger partial charge is 0.300 e. The molecule has 0 bridgehead atoms. The van der Waals surface area contributed by atoms with Crippen molar-refractivity contribution in [2.45, 2.75) is 31.1 Å². The molecule has 0 aliphatic carbocycles. The topological polar surface area (TPSA) is 17.1 Å². The molecule has 0 aromatic heterocycles. The molecule has 1 aromatic rings. The second kappa shape index (κ2) is 7.21. The Kier molecular flexibility index (Phi) is 6.25. The summed E-state index contributed by atoms with van der Waals surface area (Å²) in [5.41, 5.74) is 0. The minimum Gasteiger partial charge on any atom is -0.300 e. The number of carbonyl (C=O) groups excluding carboxylic acids is 1. The molecule has 0 saturated heterocycles. The number of ketones is 1. The van der Waals surface area contributed by atoms with Gasteiger partial charge < -0.3 is 0 Å². The van der Waals surface area contributed by atoms with Gasteiger partial charge in [-0.1, -0.05) is 30.1 Å². The van der Waals surface area contributed by atoms with Gasteiger partial charge in [-0.25, -0.2) is 0 Å². The van der Waals surface area contributed by atoms with E-state index in [0.717, 1.165) is 17.1 Å². The summed E-state index contributed by atoms with van der Waals surface area (Å²) >= 11 is 13.4. The summed E-state index contributed by atoms with van der Waals surface area (Å²) in [4.78, 5) is 12.2. The van der Waals surface area contributed by atoms with E-state index < -0.39 is 0 Å². The van der Waals surface area contributed by atoms with E-state index >= 15 is 0 Å². The SMILES string of the molecule is CCC(=O)CCCSc1ccc(Cl)c(Cl)c1. The Morgan fingerprint density at radius 1 is 1.31 bits per heavy atom. The highest BCUT2D eigenvalue weighted by Crippen LogP contribution is 2.28. The van der Waals surface area contributed by atoms with Gasteiger partial charge in [0, 0.05) is 17.7 Å². The maximum Gasteiger partial charge on any atom is 0.132 e. The highest BCUT2D eigenvalue weighted by Gasteiger charge is 2.01. The van der Waals surface area contributed by atoms with Crippen LogP contribution < -0.4 is 0 Å². The van der Waals surface area contributed by atoms with Crippen molar-refractivity contribution in [3.8, 4) is 0 Å². The Morgan fingerprint density at radius 3 is 2.69 bits per heavy atom. The molecule has 0 fully saturated rings. The maximum atomic E-state index is 11.1. The Bertz CT molecular complexity index is 366. The number of hydrogen-bond donors (Lipinski definition) is 0. The van der Waals surface area contributed by atoms with E-state index in [2.05, 4.69) is 0 Å². The molecule has 1 rings (SSSR count). The van der Waals surface area contributed by atoms with Gasteiger partial charge in [-0.15, -0.1) is 11.8 Å². The van der Waals surface area contributed by atoms with Gasteiger partial charge in [-0.05, 0) is 30.4 Å². The van der Waals surface area contributed by atoms with Crippen LogP contribution in [0.5, 0.6) is 0 Å². The van der Waals surface area contributed by atoms with Crippen molar-refractivity contribution in [2.75, 3.05) is 5.75 Å². The first-order chi connectivity index (χ1) is 7.63. The molecule has 0 spiro atoms. The molecule has 4 heteroatoms. The monoisotopic (exact) mass is 276 g/mol. The van der Waals surface area contributed by atoms with Gasteiger partial charge in [0.05, 0.1) is 10.0 Å². The molecule has 0 heterocycles. The standard InChI is InChI=1S/C12H14Cl2OS/c1-2-9(15)4-3-7-16-10-5-6-11(13)12(14)8-10/h5-6,8H,2-4,7H2,1H3. The van der Waals surface area contributed by atoms with E-state index in [4.69, 9.17) is 23.2 Å². The van der Waals surface area contributed by atoms with E-state index in [1.54, 1.807) is 17.8 Å². The van der Waals surface area contributed by atoms with Crippen LogP contribution in [0.4, 0.5) is 0 Å². The third-order valence-corrected chi connectivity index (χ3v) is 3.97. The van der Waals surface area contributed by atoms with Crippen molar-refractivity contribution in [3.63, 3.8) is 0 Å². The van der Waals surface area contributed by atoms with Crippen molar-refractivity contribution >= 4 is 40.7 Å². The van der Waals surface area contributed by atoms with Crippen LogP contribution in [-0.2, 0) is 4.79 Å². The molecule has 0 radical (unpaired) electrons. The van der Waals surface area contributed by atoms with Crippen molar-refractivity contribution in [1.82, 2.24) is 0 Å². The molecule has 0 saturated carbocycles. The third-order valence-electron chi connectivity index (χ3n) is 2.15. The second-order valence-corrected chi connectivity index (χ2v) is 5.40. The predicted octanol–water partition coefficient (Wildman–Crippen LogP) is 4.84. The molecule has 0 unspecified atom stereocenters. The van der Waals surface area contributed by atoms with Crippen molar-refractivity contribution < 1.29 is 4.79 Å². The third kappa shape index (κ3) is 4.77. The molecule has 16 heavy (non-hydrogen) atoms. The quantitative estimate of drug-likeness (QED) is 0.546. The number of benzene rings is 1. The first-order valence-electron chi connectivity index (χ1n) is 5.23. The Morgan fingerprint density at radius 2 is 2.06 bits per heavy atom. The molecule has 1 nitrogen and oxygen atoms in total. The molecule has 0 N–H and O–H groups in total. The second-order valence-electron chi connectivity index (χ2n) is 3.42. The fourth-order valence-corrected chi connectivity index (χ4v) is 2.46. The van der Waals surface area contributed by atoms with Crippen LogP contribution >= 0.6 is 35.0 Å². The first kappa shape index (κ1) is 13.9. The van der Waals surface area contributed by atoms with E-state index in [1.807, 2.05) is 19.1 Å². The van der Waals surface area contributed by atoms with Crippen molar-refractivity contribution in [3.05, 3.63) is 28.2 Å². The Balaban J connectivity index is 2.32. The summed E-state index contributed by atoms with van der Waals surface area (Å²) in [6.45, 7) is 1.90. The lowest BCUT2D eigenvalue weighted by Gasteiger charge is -2.02. The van der Waals surface area contributed by atoms with E-state index in [1.165, 1.54) is 0 Å². The zero-order chi connectivity index (χ0) is 12.0. The highest BCUT2D eigenvalue weighted by atomic mass is 35.5. The Labute approximate surface area is 111 Å². The van der Waals surface area contributed by atoms with E-state index in [9.17, 15) is 4.79 Å². The van der Waals surface area contributed by atoms with Crippen LogP contribution in [0.25, 0.3) is 0 Å². The lowest BCUT2D eigenvalue weighted by Crippen LogP contribution is -1.95. The first-order valence-corrected chi connectivity index (χ1v) is 6.97. The molecule has 0 atom stereocenters. The van der Waals surface area contributed by atoms with Gasteiger partial charge in [0.15, 0.2) is 0 Å². The number of halogens is 2. The molecule has 1 aromatic carbocycles. The fraction of sp³-hybridized carbons (Fsp3) is 0.417. The lowest BCUT2D eigenvalue weighted by molar-refractivity contribution is -0.118. The molecule has 0 aliphatic heterocycles. The lowest BCUT2D eigenvalue weighted by atomic mass is 10.2. The van der Waals surface area contributed by atoms with Gasteiger partial charge in [-0.3, -0.25) is 4.79 Å². The van der Waals surface area contributed by atoms with Crippen molar-refractivity contribution in [2.24, 2.45) is 0 Å². The molecule has 0 amide bonds. The van der Waals surface area contributed by atoms with Crippen LogP contribution in [-0.4, -0.2) is 11.5 Å². The molecule has 0 aliphatic rings. The van der Waals surface area contributed by atoms with Gasteiger partial charge in [0.1, 0.15) is 5.78 Å². The molecular formula is C12H14Cl2OS. The van der Waals surface area contributed by atoms with Crippen molar-refractivity contribution in [1.29, 1.82) is 0 Å². The van der Waals surface area contributed by atoms with Crippen LogP contribution in [0, 0.1) is 0 Å². The van der Waals surface area contributed by atoms with Gasteiger partial charge in [0.2, 0.25) is 0 Å². The molecular weight excluding hydrogens is 263 g/mol. The average molecular weight is 277 g/mol. The number of carbonyl (C=O) groups is 1. The highest BCUT2D eigenvalue weighted by molar-refractivity contribution is 7.99. The summed E-state index contributed by atoms with van der Waals surface area (Å²) in [6, 6.07) is 5.60. The molecule has 88 valence electrons. The minimum absolute atomic E-state index is 0.328. The van der Waals surface area contributed by atoms with E-state index in [0.29, 0.717) is 28.7 Å². The van der Waals surface area contributed by atoms with Gasteiger partial charge in [0.25, 0.3) is 0 Å². The summed E-state index contributed by atoms with van der Waals surface area (Å²) < 4.78 is 0. The zero-order valence-electron chi connectivity index (χ0n) is 9.13. The zero-order valence-corrected chi connectivity index (χ0v) is 11.5. The summed E-state index contributed by atoms with van der Waals surface area (Å²) in [5, 5.41) is 1.16. The van der Waals surface area contributed by atoms with Crippen LogP contribution in [0.2, 0.25) is 10.0 Å².